The van der Waals surface area contributed by atoms with Crippen molar-refractivity contribution in [2.45, 2.75) is 26.3 Å². The molecule has 0 aliphatic carbocycles. The minimum Gasteiger partial charge on any atom is -0.476 e. The quantitative estimate of drug-likeness (QED) is 0.759. The van der Waals surface area contributed by atoms with Crippen molar-refractivity contribution in [3.8, 4) is 0 Å². The number of aromatic carboxylic acids is 1. The van der Waals surface area contributed by atoms with E-state index in [1.807, 2.05) is 20.8 Å². The molecule has 5 heteroatoms. The van der Waals surface area contributed by atoms with Crippen LogP contribution in [0.4, 0.5) is 0 Å². The molecule has 0 spiro atoms. The maximum Gasteiger partial charge on any atom is 0.356 e. The second-order valence-corrected chi connectivity index (χ2v) is 3.64. The number of carboxylic acids is 1. The molecule has 0 aliphatic heterocycles. The maximum absolute atomic E-state index is 10.5. The molecule has 74 valence electrons. The molecule has 1 aromatic heterocycles. The molecule has 0 amide bonds. The standard InChI is InChI=1S/C8H12N2O2.ClH/c1-8(2,3)10-4-6(7(11)12)9-5-10;/h4-5H,1-3H3,(H,11,12);1H. The van der Waals surface area contributed by atoms with Gasteiger partial charge in [0.15, 0.2) is 5.69 Å². The number of carboxylic acid groups (broad SMARTS) is 1. The van der Waals surface area contributed by atoms with Crippen molar-refractivity contribution in [1.29, 1.82) is 0 Å². The van der Waals surface area contributed by atoms with E-state index in [0.717, 1.165) is 0 Å². The molecule has 1 rings (SSSR count). The molecule has 0 atom stereocenters. The van der Waals surface area contributed by atoms with Gasteiger partial charge in [0.25, 0.3) is 0 Å². The van der Waals surface area contributed by atoms with Gasteiger partial charge in [0.2, 0.25) is 0 Å². The Morgan fingerprint density at radius 2 is 2.08 bits per heavy atom. The van der Waals surface area contributed by atoms with Crippen LogP contribution in [-0.2, 0) is 5.54 Å². The van der Waals surface area contributed by atoms with E-state index in [4.69, 9.17) is 5.11 Å². The smallest absolute Gasteiger partial charge is 0.356 e. The second-order valence-electron chi connectivity index (χ2n) is 3.64. The van der Waals surface area contributed by atoms with Crippen LogP contribution in [0.2, 0.25) is 0 Å². The number of hydrogen-bond acceptors (Lipinski definition) is 2. The van der Waals surface area contributed by atoms with Gasteiger partial charge in [-0.15, -0.1) is 12.4 Å². The summed E-state index contributed by atoms with van der Waals surface area (Å²) in [5.74, 6) is -0.988. The van der Waals surface area contributed by atoms with Crippen LogP contribution in [0.3, 0.4) is 0 Å². The summed E-state index contributed by atoms with van der Waals surface area (Å²) in [5, 5.41) is 8.59. The zero-order valence-electron chi connectivity index (χ0n) is 7.81. The molecule has 1 heterocycles. The van der Waals surface area contributed by atoms with Crippen LogP contribution in [0.25, 0.3) is 0 Å². The molecule has 1 aromatic rings. The first-order chi connectivity index (χ1) is 5.41. The van der Waals surface area contributed by atoms with Crippen molar-refractivity contribution in [1.82, 2.24) is 9.55 Å². The normalized spacial score (nSPS) is 10.7. The lowest BCUT2D eigenvalue weighted by molar-refractivity contribution is 0.0691. The fourth-order valence-corrected chi connectivity index (χ4v) is 0.800. The van der Waals surface area contributed by atoms with Gasteiger partial charge in [-0.3, -0.25) is 0 Å². The summed E-state index contributed by atoms with van der Waals surface area (Å²) in [6.45, 7) is 5.96. The number of halogens is 1. The topological polar surface area (TPSA) is 55.1 Å². The van der Waals surface area contributed by atoms with E-state index in [1.54, 1.807) is 4.57 Å². The van der Waals surface area contributed by atoms with Crippen molar-refractivity contribution >= 4 is 18.4 Å². The summed E-state index contributed by atoms with van der Waals surface area (Å²) < 4.78 is 1.77. The summed E-state index contributed by atoms with van der Waals surface area (Å²) in [7, 11) is 0. The van der Waals surface area contributed by atoms with Crippen molar-refractivity contribution in [3.63, 3.8) is 0 Å². The van der Waals surface area contributed by atoms with Crippen LogP contribution in [-0.4, -0.2) is 20.6 Å². The van der Waals surface area contributed by atoms with E-state index < -0.39 is 5.97 Å². The highest BCUT2D eigenvalue weighted by Gasteiger charge is 2.15. The van der Waals surface area contributed by atoms with E-state index in [9.17, 15) is 4.79 Å². The maximum atomic E-state index is 10.5. The Balaban J connectivity index is 0.00000144. The summed E-state index contributed by atoms with van der Waals surface area (Å²) >= 11 is 0. The van der Waals surface area contributed by atoms with Gasteiger partial charge in [0.1, 0.15) is 0 Å². The zero-order valence-corrected chi connectivity index (χ0v) is 8.63. The van der Waals surface area contributed by atoms with Gasteiger partial charge in [0, 0.05) is 11.7 Å². The summed E-state index contributed by atoms with van der Waals surface area (Å²) in [6, 6.07) is 0. The second kappa shape index (κ2) is 3.79. The van der Waals surface area contributed by atoms with E-state index in [0.29, 0.717) is 0 Å². The highest BCUT2D eigenvalue weighted by molar-refractivity contribution is 5.85. The van der Waals surface area contributed by atoms with Crippen molar-refractivity contribution < 1.29 is 9.90 Å². The third-order valence-corrected chi connectivity index (χ3v) is 1.58. The first-order valence-corrected chi connectivity index (χ1v) is 3.69. The third kappa shape index (κ3) is 2.73. The molecule has 0 saturated carbocycles. The van der Waals surface area contributed by atoms with Gasteiger partial charge in [-0.05, 0) is 20.8 Å². The predicted octanol–water partition coefficient (Wildman–Crippen LogP) is 1.76. The Hall–Kier alpha value is -1.03. The first-order valence-electron chi connectivity index (χ1n) is 3.69. The lowest BCUT2D eigenvalue weighted by Gasteiger charge is -2.19. The molecule has 0 fully saturated rings. The Labute approximate surface area is 83.0 Å². The highest BCUT2D eigenvalue weighted by atomic mass is 35.5. The van der Waals surface area contributed by atoms with Crippen molar-refractivity contribution in [2.24, 2.45) is 0 Å². The number of hydrogen-bond donors (Lipinski definition) is 1. The van der Waals surface area contributed by atoms with E-state index >= 15 is 0 Å². The minimum absolute atomic E-state index is 0. The minimum atomic E-state index is -0.988. The number of imidazole rings is 1. The molecule has 0 radical (unpaired) electrons. The monoisotopic (exact) mass is 204 g/mol. The number of rotatable bonds is 1. The molecule has 0 bridgehead atoms. The molecule has 0 aliphatic rings. The Bertz CT molecular complexity index is 301. The van der Waals surface area contributed by atoms with Gasteiger partial charge >= 0.3 is 5.97 Å². The molecule has 0 saturated heterocycles. The van der Waals surface area contributed by atoms with Crippen LogP contribution in [0.15, 0.2) is 12.5 Å². The molecule has 4 nitrogen and oxygen atoms in total. The average Bonchev–Trinajstić information content (AvgIpc) is 2.30. The Morgan fingerprint density at radius 1 is 1.54 bits per heavy atom. The van der Waals surface area contributed by atoms with Gasteiger partial charge < -0.3 is 9.67 Å². The van der Waals surface area contributed by atoms with Crippen LogP contribution in [0.1, 0.15) is 31.3 Å². The van der Waals surface area contributed by atoms with Crippen LogP contribution in [0.5, 0.6) is 0 Å². The fraction of sp³-hybridized carbons (Fsp3) is 0.500. The number of nitrogens with zero attached hydrogens (tertiary/aromatic N) is 2. The van der Waals surface area contributed by atoms with Crippen LogP contribution < -0.4 is 0 Å². The summed E-state index contributed by atoms with van der Waals surface area (Å²) in [4.78, 5) is 14.2. The molecular weight excluding hydrogens is 192 g/mol. The molecular formula is C8H13ClN2O2. The molecule has 13 heavy (non-hydrogen) atoms. The van der Waals surface area contributed by atoms with Crippen LogP contribution >= 0.6 is 12.4 Å². The van der Waals surface area contributed by atoms with Gasteiger partial charge in [-0.25, -0.2) is 9.78 Å². The molecule has 1 N–H and O–H groups in total. The fourth-order valence-electron chi connectivity index (χ4n) is 0.800. The van der Waals surface area contributed by atoms with Gasteiger partial charge in [0.05, 0.1) is 6.33 Å². The largest absolute Gasteiger partial charge is 0.476 e. The zero-order chi connectivity index (χ0) is 9.35. The van der Waals surface area contributed by atoms with Gasteiger partial charge in [-0.1, -0.05) is 0 Å². The predicted molar refractivity (Wildman–Crippen MR) is 51.4 cm³/mol. The third-order valence-electron chi connectivity index (χ3n) is 1.58. The molecule has 0 unspecified atom stereocenters. The van der Waals surface area contributed by atoms with E-state index in [1.165, 1.54) is 12.5 Å². The van der Waals surface area contributed by atoms with Crippen molar-refractivity contribution in [2.75, 3.05) is 0 Å². The van der Waals surface area contributed by atoms with E-state index in [2.05, 4.69) is 4.98 Å². The SMILES string of the molecule is CC(C)(C)n1cnc(C(=O)O)c1.Cl. The summed E-state index contributed by atoms with van der Waals surface area (Å²) in [5.41, 5.74) is -0.0225. The highest BCUT2D eigenvalue weighted by Crippen LogP contribution is 2.13. The van der Waals surface area contributed by atoms with Crippen molar-refractivity contribution in [3.05, 3.63) is 18.2 Å². The first kappa shape index (κ1) is 12.0. The number of carbonyl (C=O) groups is 1. The average molecular weight is 205 g/mol. The van der Waals surface area contributed by atoms with Crippen LogP contribution in [0, 0.1) is 0 Å². The molecule has 0 aromatic carbocycles. The Morgan fingerprint density at radius 3 is 2.31 bits per heavy atom. The Kier molecular flexibility index (Phi) is 3.49. The summed E-state index contributed by atoms with van der Waals surface area (Å²) in [6.07, 6.45) is 3.06. The van der Waals surface area contributed by atoms with Gasteiger partial charge in [-0.2, -0.15) is 0 Å². The lowest BCUT2D eigenvalue weighted by atomic mass is 10.1. The number of aromatic nitrogens is 2. The lowest BCUT2D eigenvalue weighted by Crippen LogP contribution is -2.19. The van der Waals surface area contributed by atoms with E-state index in [-0.39, 0.29) is 23.6 Å².